The van der Waals surface area contributed by atoms with Crippen molar-refractivity contribution in [3.63, 3.8) is 0 Å². The zero-order valence-corrected chi connectivity index (χ0v) is 9.39. The van der Waals surface area contributed by atoms with Crippen LogP contribution in [-0.2, 0) is 15.6 Å². The van der Waals surface area contributed by atoms with Crippen molar-refractivity contribution in [3.05, 3.63) is 12.7 Å². The Morgan fingerprint density at radius 3 is 3.00 bits per heavy atom. The molecule has 1 rings (SSSR count). The Balaban J connectivity index is 2.69. The summed E-state index contributed by atoms with van der Waals surface area (Å²) in [6.07, 6.45) is 4.38. The van der Waals surface area contributed by atoms with Gasteiger partial charge in [0.05, 0.1) is 0 Å². The summed E-state index contributed by atoms with van der Waals surface area (Å²) in [6.45, 7) is 4.34. The third kappa shape index (κ3) is 2.67. The molecule has 3 nitrogen and oxygen atoms in total. The van der Waals surface area contributed by atoms with E-state index in [2.05, 4.69) is 6.58 Å². The van der Waals surface area contributed by atoms with E-state index in [0.29, 0.717) is 5.75 Å². The van der Waals surface area contributed by atoms with E-state index in [4.69, 9.17) is 0 Å². The van der Waals surface area contributed by atoms with Gasteiger partial charge < -0.3 is 4.90 Å². The van der Waals surface area contributed by atoms with Gasteiger partial charge in [0, 0.05) is 30.1 Å². The average Bonchev–Trinajstić information content (AvgIpc) is 2.31. The van der Waals surface area contributed by atoms with Crippen LogP contribution in [0.4, 0.5) is 0 Å². The normalized spacial score (nSPS) is 25.6. The second kappa shape index (κ2) is 5.29. The Morgan fingerprint density at radius 2 is 2.36 bits per heavy atom. The Bertz CT molecular complexity index is 253. The third-order valence-electron chi connectivity index (χ3n) is 2.46. The van der Waals surface area contributed by atoms with Crippen LogP contribution in [0.25, 0.3) is 0 Å². The van der Waals surface area contributed by atoms with E-state index in [1.807, 2.05) is 0 Å². The molecule has 2 unspecified atom stereocenters. The molecule has 0 bridgehead atoms. The van der Waals surface area contributed by atoms with Crippen molar-refractivity contribution in [3.8, 4) is 0 Å². The quantitative estimate of drug-likeness (QED) is 0.657. The predicted molar refractivity (Wildman–Crippen MR) is 58.5 cm³/mol. The minimum absolute atomic E-state index is 0.0303. The number of rotatable bonds is 3. The zero-order chi connectivity index (χ0) is 10.6. The van der Waals surface area contributed by atoms with Crippen LogP contribution in [0.1, 0.15) is 19.3 Å². The molecular formula is C10H17NO2S. The van der Waals surface area contributed by atoms with Crippen molar-refractivity contribution < 1.29 is 9.00 Å². The highest BCUT2D eigenvalue weighted by atomic mass is 32.2. The van der Waals surface area contributed by atoms with Crippen molar-refractivity contribution in [2.45, 2.75) is 24.5 Å². The maximum Gasteiger partial charge on any atom is 0.238 e. The summed E-state index contributed by atoms with van der Waals surface area (Å²) in [6, 6.07) is 0. The lowest BCUT2D eigenvalue weighted by Gasteiger charge is -2.18. The van der Waals surface area contributed by atoms with E-state index < -0.39 is 10.8 Å². The molecule has 0 aromatic rings. The minimum Gasteiger partial charge on any atom is -0.345 e. The minimum atomic E-state index is -1.08. The van der Waals surface area contributed by atoms with E-state index in [9.17, 15) is 9.00 Å². The summed E-state index contributed by atoms with van der Waals surface area (Å²) < 4.78 is 11.7. The van der Waals surface area contributed by atoms with Crippen molar-refractivity contribution in [2.75, 3.05) is 19.3 Å². The van der Waals surface area contributed by atoms with Gasteiger partial charge in [0.25, 0.3) is 0 Å². The van der Waals surface area contributed by atoms with Crippen LogP contribution in [-0.4, -0.2) is 39.6 Å². The molecule has 0 radical (unpaired) electrons. The number of carbonyl (C=O) groups excluding carboxylic acids is 1. The van der Waals surface area contributed by atoms with Crippen LogP contribution in [0.15, 0.2) is 12.7 Å². The van der Waals surface area contributed by atoms with Gasteiger partial charge in [0.1, 0.15) is 5.25 Å². The molecule has 1 amide bonds. The Kier molecular flexibility index (Phi) is 4.32. The van der Waals surface area contributed by atoms with Crippen LogP contribution in [0.2, 0.25) is 0 Å². The summed E-state index contributed by atoms with van der Waals surface area (Å²) in [7, 11) is 0.706. The fourth-order valence-electron chi connectivity index (χ4n) is 1.63. The molecule has 0 spiro atoms. The number of hydrogen-bond acceptors (Lipinski definition) is 2. The highest BCUT2D eigenvalue weighted by Crippen LogP contribution is 2.15. The Morgan fingerprint density at radius 1 is 1.64 bits per heavy atom. The number of carbonyl (C=O) groups is 1. The summed E-state index contributed by atoms with van der Waals surface area (Å²) in [5, 5.41) is -0.305. The third-order valence-corrected chi connectivity index (χ3v) is 4.10. The van der Waals surface area contributed by atoms with Gasteiger partial charge in [0.15, 0.2) is 0 Å². The van der Waals surface area contributed by atoms with E-state index in [0.717, 1.165) is 25.8 Å². The predicted octanol–water partition coefficient (Wildman–Crippen LogP) is 0.932. The van der Waals surface area contributed by atoms with Gasteiger partial charge in [-0.3, -0.25) is 9.00 Å². The molecule has 2 atom stereocenters. The van der Waals surface area contributed by atoms with Crippen molar-refractivity contribution in [1.29, 1.82) is 0 Å². The lowest BCUT2D eigenvalue weighted by molar-refractivity contribution is -0.128. The molecule has 1 heterocycles. The van der Waals surface area contributed by atoms with E-state index in [1.165, 1.54) is 0 Å². The molecule has 14 heavy (non-hydrogen) atoms. The first kappa shape index (κ1) is 11.4. The van der Waals surface area contributed by atoms with Crippen molar-refractivity contribution >= 4 is 16.7 Å². The maximum absolute atomic E-state index is 11.8. The van der Waals surface area contributed by atoms with Gasteiger partial charge in [-0.2, -0.15) is 0 Å². The molecule has 80 valence electrons. The number of nitrogens with zero attached hydrogens (tertiary/aromatic N) is 1. The Hall–Kier alpha value is -0.640. The topological polar surface area (TPSA) is 37.4 Å². The molecule has 0 N–H and O–H groups in total. The second-order valence-corrected chi connectivity index (χ2v) is 5.24. The highest BCUT2D eigenvalue weighted by molar-refractivity contribution is 7.86. The fraction of sp³-hybridized carbons (Fsp3) is 0.700. The highest BCUT2D eigenvalue weighted by Gasteiger charge is 2.28. The SMILES string of the molecule is C=CCS(=O)C1CCCCN(C)C1=O. The molecule has 1 aliphatic rings. The summed E-state index contributed by atoms with van der Waals surface area (Å²) in [4.78, 5) is 13.5. The summed E-state index contributed by atoms with van der Waals surface area (Å²) in [5.74, 6) is 0.451. The van der Waals surface area contributed by atoms with Crippen LogP contribution in [0.3, 0.4) is 0 Å². The smallest absolute Gasteiger partial charge is 0.238 e. The maximum atomic E-state index is 11.8. The molecule has 0 aliphatic carbocycles. The lowest BCUT2D eigenvalue weighted by atomic mass is 10.2. The molecule has 0 aromatic carbocycles. The average molecular weight is 215 g/mol. The largest absolute Gasteiger partial charge is 0.345 e. The number of amides is 1. The summed E-state index contributed by atoms with van der Waals surface area (Å²) >= 11 is 0. The van der Waals surface area contributed by atoms with Crippen LogP contribution in [0.5, 0.6) is 0 Å². The van der Waals surface area contributed by atoms with Crippen LogP contribution >= 0.6 is 0 Å². The Labute approximate surface area is 87.6 Å². The van der Waals surface area contributed by atoms with E-state index in [1.54, 1.807) is 18.0 Å². The monoisotopic (exact) mass is 215 g/mol. The van der Waals surface area contributed by atoms with Crippen LogP contribution in [0, 0.1) is 0 Å². The van der Waals surface area contributed by atoms with Gasteiger partial charge in [-0.1, -0.05) is 6.08 Å². The van der Waals surface area contributed by atoms with Gasteiger partial charge in [-0.05, 0) is 19.3 Å². The lowest BCUT2D eigenvalue weighted by Crippen LogP contribution is -2.37. The molecule has 0 aromatic heterocycles. The molecule has 4 heteroatoms. The number of hydrogen-bond donors (Lipinski definition) is 0. The molecule has 1 fully saturated rings. The zero-order valence-electron chi connectivity index (χ0n) is 8.57. The first-order chi connectivity index (χ1) is 6.66. The molecule has 1 saturated heterocycles. The molecule has 1 aliphatic heterocycles. The van der Waals surface area contributed by atoms with E-state index in [-0.39, 0.29) is 11.2 Å². The molecular weight excluding hydrogens is 198 g/mol. The summed E-state index contributed by atoms with van der Waals surface area (Å²) in [5.41, 5.74) is 0. The fourth-order valence-corrected chi connectivity index (χ4v) is 2.93. The first-order valence-corrected chi connectivity index (χ1v) is 6.28. The van der Waals surface area contributed by atoms with Crippen molar-refractivity contribution in [2.24, 2.45) is 0 Å². The van der Waals surface area contributed by atoms with Crippen molar-refractivity contribution in [1.82, 2.24) is 4.90 Å². The van der Waals surface area contributed by atoms with Crippen LogP contribution < -0.4 is 0 Å². The van der Waals surface area contributed by atoms with Gasteiger partial charge >= 0.3 is 0 Å². The van der Waals surface area contributed by atoms with Gasteiger partial charge in [-0.25, -0.2) is 0 Å². The number of likely N-dealkylation sites (tertiary alicyclic amines) is 1. The second-order valence-electron chi connectivity index (χ2n) is 3.58. The standard InChI is InChI=1S/C10H17NO2S/c1-3-8-14(13)9-6-4-5-7-11(2)10(9)12/h3,9H,1,4-8H2,2H3. The molecule has 0 saturated carbocycles. The van der Waals surface area contributed by atoms with Gasteiger partial charge in [-0.15, -0.1) is 6.58 Å². The van der Waals surface area contributed by atoms with E-state index >= 15 is 0 Å². The first-order valence-electron chi connectivity index (χ1n) is 4.90. The van der Waals surface area contributed by atoms with Gasteiger partial charge in [0.2, 0.25) is 5.91 Å².